The summed E-state index contributed by atoms with van der Waals surface area (Å²) in [5, 5.41) is 18.5. The minimum atomic E-state index is -4.29. The quantitative estimate of drug-likeness (QED) is 0.452. The Morgan fingerprint density at radius 1 is 1.22 bits per heavy atom. The maximum absolute atomic E-state index is 13.5. The molecule has 0 saturated heterocycles. The maximum Gasteiger partial charge on any atom is 0.331 e. The fourth-order valence-corrected chi connectivity index (χ4v) is 4.34. The number of aliphatic hydroxyl groups excluding tert-OH is 1. The Kier molecular flexibility index (Phi) is 8.34. The Bertz CT molecular complexity index is 1000. The van der Waals surface area contributed by atoms with Crippen LogP contribution in [0.1, 0.15) is 63.9 Å². The number of aromatic nitrogens is 1. The van der Waals surface area contributed by atoms with E-state index in [4.69, 9.17) is 14.6 Å². The molecule has 32 heavy (non-hydrogen) atoms. The standard InChI is InChI=1S/C23H31FNO6P/c1-14(2)22-19(12-31-32(29,30)13-17(26)10-21(27)28)18(11-20(25-22)23(3,4)5)15-6-8-16(24)9-7-15/h6-9,11,14,17,26H,10,12-13H2,1-5H3,(H,27,28)(H,29,30)/t17-/m1/s1. The highest BCUT2D eigenvalue weighted by molar-refractivity contribution is 7.52. The van der Waals surface area contributed by atoms with Crippen LogP contribution in [0, 0.1) is 5.82 Å². The van der Waals surface area contributed by atoms with Crippen LogP contribution in [0.15, 0.2) is 30.3 Å². The van der Waals surface area contributed by atoms with Crippen LogP contribution in [0.5, 0.6) is 0 Å². The first-order valence-corrected chi connectivity index (χ1v) is 12.1. The zero-order chi connectivity index (χ0) is 24.3. The molecule has 0 spiro atoms. The van der Waals surface area contributed by atoms with Crippen LogP contribution >= 0.6 is 7.60 Å². The predicted molar refractivity (Wildman–Crippen MR) is 120 cm³/mol. The van der Waals surface area contributed by atoms with Crippen molar-refractivity contribution in [1.29, 1.82) is 0 Å². The summed E-state index contributed by atoms with van der Waals surface area (Å²) in [6.07, 6.45) is -2.87. The Morgan fingerprint density at radius 3 is 2.31 bits per heavy atom. The summed E-state index contributed by atoms with van der Waals surface area (Å²) in [6, 6.07) is 7.80. The summed E-state index contributed by atoms with van der Waals surface area (Å²) in [5.41, 5.74) is 3.22. The molecule has 7 nitrogen and oxygen atoms in total. The Morgan fingerprint density at radius 2 is 1.81 bits per heavy atom. The number of aliphatic hydroxyl groups is 1. The molecule has 0 bridgehead atoms. The van der Waals surface area contributed by atoms with Crippen molar-refractivity contribution in [2.45, 2.75) is 65.1 Å². The molecule has 0 amide bonds. The maximum atomic E-state index is 13.5. The fraction of sp³-hybridized carbons (Fsp3) is 0.478. The van der Waals surface area contributed by atoms with E-state index >= 15 is 0 Å². The molecule has 9 heteroatoms. The van der Waals surface area contributed by atoms with Gasteiger partial charge in [-0.25, -0.2) is 4.39 Å². The number of rotatable bonds is 9. The number of hydrogen-bond acceptors (Lipinski definition) is 5. The third-order valence-electron chi connectivity index (χ3n) is 4.89. The minimum absolute atomic E-state index is 0.0363. The van der Waals surface area contributed by atoms with E-state index in [1.807, 2.05) is 40.7 Å². The van der Waals surface area contributed by atoms with Crippen molar-refractivity contribution in [1.82, 2.24) is 4.98 Å². The molecule has 3 N–H and O–H groups in total. The second kappa shape index (κ2) is 10.2. The largest absolute Gasteiger partial charge is 0.481 e. The van der Waals surface area contributed by atoms with Gasteiger partial charge in [0, 0.05) is 22.4 Å². The number of carbonyl (C=O) groups is 1. The van der Waals surface area contributed by atoms with Crippen LogP contribution < -0.4 is 0 Å². The van der Waals surface area contributed by atoms with Crippen molar-refractivity contribution in [3.63, 3.8) is 0 Å². The zero-order valence-electron chi connectivity index (χ0n) is 19.0. The van der Waals surface area contributed by atoms with Gasteiger partial charge in [-0.2, -0.15) is 0 Å². The van der Waals surface area contributed by atoms with Crippen LogP contribution in [-0.4, -0.2) is 38.3 Å². The minimum Gasteiger partial charge on any atom is -0.481 e. The number of aliphatic carboxylic acids is 1. The summed E-state index contributed by atoms with van der Waals surface area (Å²) in [6.45, 7) is 9.69. The molecule has 1 aromatic carbocycles. The van der Waals surface area contributed by atoms with E-state index in [-0.39, 0.29) is 23.8 Å². The van der Waals surface area contributed by atoms with Gasteiger partial charge in [0.1, 0.15) is 5.82 Å². The summed E-state index contributed by atoms with van der Waals surface area (Å²) >= 11 is 0. The molecular weight excluding hydrogens is 436 g/mol. The van der Waals surface area contributed by atoms with Crippen LogP contribution in [0.4, 0.5) is 4.39 Å². The normalized spacial score (nSPS) is 14.9. The van der Waals surface area contributed by atoms with Crippen molar-refractivity contribution >= 4 is 13.6 Å². The number of nitrogens with zero attached hydrogens (tertiary/aromatic N) is 1. The van der Waals surface area contributed by atoms with Crippen LogP contribution in [0.25, 0.3) is 11.1 Å². The molecular formula is C23H31FNO6P. The predicted octanol–water partition coefficient (Wildman–Crippen LogP) is 4.85. The third-order valence-corrected chi connectivity index (χ3v) is 6.30. The van der Waals surface area contributed by atoms with Gasteiger partial charge in [-0.1, -0.05) is 46.8 Å². The van der Waals surface area contributed by atoms with Crippen molar-refractivity contribution in [2.24, 2.45) is 0 Å². The SMILES string of the molecule is CC(C)c1nc(C(C)(C)C)cc(-c2ccc(F)cc2)c1COP(=O)(O)C[C@H](O)CC(=O)O. The highest BCUT2D eigenvalue weighted by Gasteiger charge is 2.28. The molecule has 0 fully saturated rings. The fourth-order valence-electron chi connectivity index (χ4n) is 3.24. The van der Waals surface area contributed by atoms with Gasteiger partial charge in [0.25, 0.3) is 0 Å². The van der Waals surface area contributed by atoms with Gasteiger partial charge in [-0.05, 0) is 35.2 Å². The van der Waals surface area contributed by atoms with E-state index in [2.05, 4.69) is 0 Å². The lowest BCUT2D eigenvalue weighted by Gasteiger charge is -2.25. The first-order valence-electron chi connectivity index (χ1n) is 10.4. The molecule has 1 aromatic heterocycles. The van der Waals surface area contributed by atoms with E-state index in [1.54, 1.807) is 12.1 Å². The highest BCUT2D eigenvalue weighted by atomic mass is 31.2. The second-order valence-electron chi connectivity index (χ2n) is 9.18. The monoisotopic (exact) mass is 467 g/mol. The van der Waals surface area contributed by atoms with Gasteiger partial charge in [-0.15, -0.1) is 0 Å². The molecule has 0 aliphatic rings. The molecule has 0 saturated carbocycles. The lowest BCUT2D eigenvalue weighted by atomic mass is 9.86. The lowest BCUT2D eigenvalue weighted by molar-refractivity contribution is -0.138. The Balaban J connectivity index is 2.50. The van der Waals surface area contributed by atoms with E-state index in [0.29, 0.717) is 22.4 Å². The van der Waals surface area contributed by atoms with Crippen molar-refractivity contribution in [3.8, 4) is 11.1 Å². The van der Waals surface area contributed by atoms with E-state index in [9.17, 15) is 23.7 Å². The Hall–Kier alpha value is -2.12. The summed E-state index contributed by atoms with van der Waals surface area (Å²) < 4.78 is 31.3. The molecule has 2 rings (SSSR count). The number of hydrogen-bond donors (Lipinski definition) is 3. The van der Waals surface area contributed by atoms with Crippen molar-refractivity contribution in [2.75, 3.05) is 6.16 Å². The van der Waals surface area contributed by atoms with E-state index in [0.717, 1.165) is 5.69 Å². The number of carboxylic acids is 1. The molecule has 0 radical (unpaired) electrons. The molecule has 1 unspecified atom stereocenters. The number of halogens is 1. The molecule has 2 aromatic rings. The average molecular weight is 467 g/mol. The third kappa shape index (κ3) is 7.20. The summed E-state index contributed by atoms with van der Waals surface area (Å²) in [4.78, 5) is 25.7. The highest BCUT2D eigenvalue weighted by Crippen LogP contribution is 2.45. The van der Waals surface area contributed by atoms with Gasteiger partial charge in [0.05, 0.1) is 25.3 Å². The number of benzene rings is 1. The zero-order valence-corrected chi connectivity index (χ0v) is 19.9. The molecule has 176 valence electrons. The van der Waals surface area contributed by atoms with Crippen LogP contribution in [-0.2, 0) is 25.9 Å². The van der Waals surface area contributed by atoms with Gasteiger partial charge in [0.2, 0.25) is 0 Å². The summed E-state index contributed by atoms with van der Waals surface area (Å²) in [7, 11) is -4.29. The smallest absolute Gasteiger partial charge is 0.331 e. The van der Waals surface area contributed by atoms with Crippen LogP contribution in [0.2, 0.25) is 0 Å². The number of pyridine rings is 1. The van der Waals surface area contributed by atoms with Crippen molar-refractivity contribution < 1.29 is 33.4 Å². The first-order chi connectivity index (χ1) is 14.7. The van der Waals surface area contributed by atoms with Crippen molar-refractivity contribution in [3.05, 3.63) is 53.1 Å². The molecule has 2 atom stereocenters. The summed E-state index contributed by atoms with van der Waals surface area (Å²) in [5.74, 6) is -1.70. The second-order valence-corrected chi connectivity index (χ2v) is 11.1. The lowest BCUT2D eigenvalue weighted by Crippen LogP contribution is -2.19. The molecule has 1 heterocycles. The first kappa shape index (κ1) is 26.1. The molecule has 0 aliphatic carbocycles. The van der Waals surface area contributed by atoms with Gasteiger partial charge in [0.15, 0.2) is 0 Å². The van der Waals surface area contributed by atoms with E-state index in [1.165, 1.54) is 12.1 Å². The van der Waals surface area contributed by atoms with Gasteiger partial charge < -0.3 is 19.6 Å². The topological polar surface area (TPSA) is 117 Å². The van der Waals surface area contributed by atoms with Gasteiger partial charge >= 0.3 is 13.6 Å². The Labute approximate surface area is 187 Å². The van der Waals surface area contributed by atoms with E-state index < -0.39 is 32.3 Å². The average Bonchev–Trinajstić information content (AvgIpc) is 2.64. The number of carboxylic acid groups (broad SMARTS) is 1. The van der Waals surface area contributed by atoms with Gasteiger partial charge in [-0.3, -0.25) is 14.3 Å². The van der Waals surface area contributed by atoms with Crippen LogP contribution in [0.3, 0.4) is 0 Å². The molecule has 0 aliphatic heterocycles.